The molecule has 2 aromatic rings. The largest absolute Gasteiger partial charge is 0.367 e. The van der Waals surface area contributed by atoms with Crippen molar-refractivity contribution in [2.24, 2.45) is 18.9 Å². The summed E-state index contributed by atoms with van der Waals surface area (Å²) in [5.74, 6) is 2.70. The fourth-order valence-electron chi connectivity index (χ4n) is 4.01. The highest BCUT2D eigenvalue weighted by molar-refractivity contribution is 5.65. The summed E-state index contributed by atoms with van der Waals surface area (Å²) in [6, 6.07) is 4.81. The summed E-state index contributed by atoms with van der Waals surface area (Å²) in [6.07, 6.45) is 6.53. The van der Waals surface area contributed by atoms with E-state index in [1.54, 1.807) is 0 Å². The minimum atomic E-state index is 0. The number of nitrogens with one attached hydrogen (secondary N) is 2. The van der Waals surface area contributed by atoms with Gasteiger partial charge >= 0.3 is 0 Å². The lowest BCUT2D eigenvalue weighted by Gasteiger charge is -2.14. The van der Waals surface area contributed by atoms with Crippen LogP contribution in [0.1, 0.15) is 26.0 Å². The van der Waals surface area contributed by atoms with Crippen LogP contribution >= 0.6 is 0 Å². The zero-order valence-electron chi connectivity index (χ0n) is 13.2. The van der Waals surface area contributed by atoms with Crippen molar-refractivity contribution in [3.05, 3.63) is 30.2 Å². The van der Waals surface area contributed by atoms with Crippen molar-refractivity contribution in [3.63, 3.8) is 0 Å². The quantitative estimate of drug-likeness (QED) is 0.915. The molecule has 0 aromatic carbocycles. The molecule has 0 radical (unpaired) electrons. The number of rotatable bonds is 3. The van der Waals surface area contributed by atoms with Crippen LogP contribution in [0.25, 0.3) is 11.1 Å². The van der Waals surface area contributed by atoms with Gasteiger partial charge in [0.05, 0.1) is 5.69 Å². The molecule has 23 heavy (non-hydrogen) atoms. The molecule has 0 spiro atoms. The maximum Gasteiger partial charge on any atom is 0.126 e. The number of anilines is 1. The lowest BCUT2D eigenvalue weighted by atomic mass is 10.0. The molecule has 1 saturated carbocycles. The summed E-state index contributed by atoms with van der Waals surface area (Å²) in [4.78, 5) is 4.60. The Morgan fingerprint density at radius 3 is 2.52 bits per heavy atom. The van der Waals surface area contributed by atoms with Gasteiger partial charge in [-0.1, -0.05) is 7.43 Å². The van der Waals surface area contributed by atoms with Gasteiger partial charge in [0.25, 0.3) is 0 Å². The van der Waals surface area contributed by atoms with Gasteiger partial charge in [-0.05, 0) is 56.8 Å². The molecule has 1 aliphatic heterocycles. The number of aryl methyl sites for hydroxylation is 2. The van der Waals surface area contributed by atoms with Crippen molar-refractivity contribution in [2.75, 3.05) is 18.4 Å². The molecule has 1 unspecified atom stereocenters. The fourth-order valence-corrected chi connectivity index (χ4v) is 4.01. The Morgan fingerprint density at radius 2 is 1.96 bits per heavy atom. The highest BCUT2D eigenvalue weighted by Gasteiger charge is 2.37. The van der Waals surface area contributed by atoms with E-state index < -0.39 is 0 Å². The lowest BCUT2D eigenvalue weighted by molar-refractivity contribution is 0.494. The molecule has 2 aliphatic rings. The van der Waals surface area contributed by atoms with Gasteiger partial charge in [-0.15, -0.1) is 0 Å². The summed E-state index contributed by atoms with van der Waals surface area (Å²) >= 11 is 0. The Balaban J connectivity index is 0.00000156. The first-order valence-corrected chi connectivity index (χ1v) is 8.13. The number of nitrogens with zero attached hydrogens (tertiary/aromatic N) is 3. The van der Waals surface area contributed by atoms with Crippen molar-refractivity contribution in [2.45, 2.75) is 33.2 Å². The minimum absolute atomic E-state index is 0. The topological polar surface area (TPSA) is 54.8 Å². The Bertz CT molecular complexity index is 649. The lowest BCUT2D eigenvalue weighted by Crippen LogP contribution is -2.20. The monoisotopic (exact) mass is 313 g/mol. The van der Waals surface area contributed by atoms with Crippen LogP contribution in [-0.2, 0) is 7.05 Å². The van der Waals surface area contributed by atoms with Crippen LogP contribution < -0.4 is 10.6 Å². The van der Waals surface area contributed by atoms with Crippen LogP contribution in [-0.4, -0.2) is 33.9 Å². The van der Waals surface area contributed by atoms with Gasteiger partial charge in [0, 0.05) is 36.6 Å². The van der Waals surface area contributed by atoms with E-state index in [9.17, 15) is 0 Å². The van der Waals surface area contributed by atoms with E-state index in [0.29, 0.717) is 6.04 Å². The standard InChI is InChI=1S/C17H23N5.CH4/c1-11-16(10-22(2)21-11)12-3-4-17(19-9-12)20-15-5-13-7-18-8-14(13)6-15;/h3-4,9-10,13-15,18H,5-8H2,1-2H3,(H,19,20);1H4/t13-,14+,15?;. The van der Waals surface area contributed by atoms with Gasteiger partial charge < -0.3 is 10.6 Å². The molecule has 0 bridgehead atoms. The Labute approximate surface area is 138 Å². The second-order valence-electron chi connectivity index (χ2n) is 6.73. The minimum Gasteiger partial charge on any atom is -0.367 e. The van der Waals surface area contributed by atoms with Gasteiger partial charge in [0.15, 0.2) is 0 Å². The van der Waals surface area contributed by atoms with Crippen molar-refractivity contribution in [1.82, 2.24) is 20.1 Å². The maximum atomic E-state index is 4.60. The third-order valence-corrected chi connectivity index (χ3v) is 5.09. The molecule has 1 aliphatic carbocycles. The van der Waals surface area contributed by atoms with Crippen LogP contribution in [0.5, 0.6) is 0 Å². The predicted octanol–water partition coefficient (Wildman–Crippen LogP) is 2.84. The number of hydrogen-bond donors (Lipinski definition) is 2. The predicted molar refractivity (Wildman–Crippen MR) is 94.4 cm³/mol. The van der Waals surface area contributed by atoms with Gasteiger partial charge in [-0.25, -0.2) is 4.98 Å². The van der Waals surface area contributed by atoms with E-state index >= 15 is 0 Å². The Kier molecular flexibility index (Phi) is 4.39. The second-order valence-corrected chi connectivity index (χ2v) is 6.73. The average molecular weight is 313 g/mol. The molecule has 2 fully saturated rings. The van der Waals surface area contributed by atoms with Crippen LogP contribution in [0.3, 0.4) is 0 Å². The molecular formula is C18H27N5. The SMILES string of the molecule is C.Cc1nn(C)cc1-c1ccc(NC2C[C@H]3CNC[C@H]3C2)nc1. The van der Waals surface area contributed by atoms with E-state index in [4.69, 9.17) is 0 Å². The van der Waals surface area contributed by atoms with E-state index in [1.165, 1.54) is 25.9 Å². The first-order chi connectivity index (χ1) is 10.7. The summed E-state index contributed by atoms with van der Waals surface area (Å²) in [6.45, 7) is 4.41. The Morgan fingerprint density at radius 1 is 1.22 bits per heavy atom. The normalized spacial score (nSPS) is 25.9. The average Bonchev–Trinajstić information content (AvgIpc) is 3.15. The molecule has 4 rings (SSSR count). The maximum absolute atomic E-state index is 4.60. The van der Waals surface area contributed by atoms with Gasteiger partial charge in [-0.2, -0.15) is 5.10 Å². The van der Waals surface area contributed by atoms with Crippen molar-refractivity contribution in [3.8, 4) is 11.1 Å². The zero-order valence-corrected chi connectivity index (χ0v) is 13.2. The Hall–Kier alpha value is -1.88. The summed E-state index contributed by atoms with van der Waals surface area (Å²) in [7, 11) is 1.95. The first-order valence-electron chi connectivity index (χ1n) is 8.13. The number of pyridine rings is 1. The summed E-state index contributed by atoms with van der Waals surface area (Å²) in [5.41, 5.74) is 3.33. The van der Waals surface area contributed by atoms with E-state index in [-0.39, 0.29) is 7.43 Å². The molecule has 2 N–H and O–H groups in total. The molecule has 0 amide bonds. The molecule has 5 nitrogen and oxygen atoms in total. The van der Waals surface area contributed by atoms with Crippen molar-refractivity contribution < 1.29 is 0 Å². The first kappa shape index (κ1) is 16.0. The van der Waals surface area contributed by atoms with E-state index in [0.717, 1.165) is 34.5 Å². The van der Waals surface area contributed by atoms with Crippen LogP contribution in [0.4, 0.5) is 5.82 Å². The highest BCUT2D eigenvalue weighted by Crippen LogP contribution is 2.35. The summed E-state index contributed by atoms with van der Waals surface area (Å²) in [5, 5.41) is 11.5. The number of fused-ring (bicyclic) bond motifs is 1. The molecule has 1 saturated heterocycles. The van der Waals surface area contributed by atoms with Crippen molar-refractivity contribution >= 4 is 5.82 Å². The summed E-state index contributed by atoms with van der Waals surface area (Å²) < 4.78 is 1.85. The van der Waals surface area contributed by atoms with Gasteiger partial charge in [0.1, 0.15) is 5.82 Å². The number of aromatic nitrogens is 3. The van der Waals surface area contributed by atoms with Crippen LogP contribution in [0.15, 0.2) is 24.5 Å². The van der Waals surface area contributed by atoms with Gasteiger partial charge in [-0.3, -0.25) is 4.68 Å². The third-order valence-electron chi connectivity index (χ3n) is 5.09. The van der Waals surface area contributed by atoms with Crippen LogP contribution in [0, 0.1) is 18.8 Å². The van der Waals surface area contributed by atoms with Crippen LogP contribution in [0.2, 0.25) is 0 Å². The molecule has 3 heterocycles. The molecule has 5 heteroatoms. The molecule has 3 atom stereocenters. The molecule has 2 aromatic heterocycles. The molecule has 124 valence electrons. The van der Waals surface area contributed by atoms with E-state index in [2.05, 4.69) is 32.8 Å². The zero-order chi connectivity index (χ0) is 15.1. The highest BCUT2D eigenvalue weighted by atomic mass is 15.2. The van der Waals surface area contributed by atoms with Crippen molar-refractivity contribution in [1.29, 1.82) is 0 Å². The number of hydrogen-bond acceptors (Lipinski definition) is 4. The smallest absolute Gasteiger partial charge is 0.126 e. The third kappa shape index (κ3) is 3.11. The fraction of sp³-hybridized carbons (Fsp3) is 0.556. The van der Waals surface area contributed by atoms with Gasteiger partial charge in [0.2, 0.25) is 0 Å². The van der Waals surface area contributed by atoms with E-state index in [1.807, 2.05) is 31.0 Å². The molecular weight excluding hydrogens is 286 g/mol. The second kappa shape index (κ2) is 6.32.